The van der Waals surface area contributed by atoms with Crippen LogP contribution in [0.5, 0.6) is 0 Å². The lowest BCUT2D eigenvalue weighted by Crippen LogP contribution is -2.04. The Morgan fingerprint density at radius 2 is 2.10 bits per heavy atom. The van der Waals surface area contributed by atoms with Gasteiger partial charge in [-0.3, -0.25) is 4.57 Å². The van der Waals surface area contributed by atoms with Crippen molar-refractivity contribution >= 4 is 28.6 Å². The van der Waals surface area contributed by atoms with Crippen LogP contribution in [0.1, 0.15) is 16.2 Å². The third-order valence-corrected chi connectivity index (χ3v) is 3.29. The first-order chi connectivity index (χ1) is 9.58. The number of aromatic nitrogens is 3. The molecule has 3 rings (SSSR count). The monoisotopic (exact) mass is 287 g/mol. The van der Waals surface area contributed by atoms with Gasteiger partial charge in [-0.25, -0.2) is 14.8 Å². The summed E-state index contributed by atoms with van der Waals surface area (Å²) in [5.74, 6) is 0.157. The van der Waals surface area contributed by atoms with Crippen LogP contribution in [0.2, 0.25) is 5.02 Å². The molecule has 0 saturated heterocycles. The van der Waals surface area contributed by atoms with Gasteiger partial charge < -0.3 is 5.11 Å². The Hall–Kier alpha value is -2.40. The summed E-state index contributed by atoms with van der Waals surface area (Å²) in [6.07, 6.45) is 1.29. The third-order valence-electron chi connectivity index (χ3n) is 3.01. The number of carbonyl (C=O) groups is 1. The van der Waals surface area contributed by atoms with Gasteiger partial charge in [0, 0.05) is 6.20 Å². The second-order valence-corrected chi connectivity index (χ2v) is 4.72. The summed E-state index contributed by atoms with van der Waals surface area (Å²) in [6.45, 7) is 1.85. The zero-order valence-corrected chi connectivity index (χ0v) is 11.3. The molecule has 3 aromatic rings. The smallest absolute Gasteiger partial charge is 0.337 e. The molecular weight excluding hydrogens is 278 g/mol. The third kappa shape index (κ3) is 1.92. The van der Waals surface area contributed by atoms with E-state index in [0.717, 1.165) is 16.9 Å². The lowest BCUT2D eigenvalue weighted by molar-refractivity contribution is 0.0696. The molecule has 0 aliphatic carbocycles. The fourth-order valence-electron chi connectivity index (χ4n) is 2.13. The average Bonchev–Trinajstić information content (AvgIpc) is 2.74. The molecule has 0 aliphatic rings. The number of hydrogen-bond donors (Lipinski definition) is 1. The summed E-state index contributed by atoms with van der Waals surface area (Å²) in [6, 6.07) is 9.01. The molecule has 20 heavy (non-hydrogen) atoms. The number of halogens is 1. The van der Waals surface area contributed by atoms with Crippen molar-refractivity contribution < 1.29 is 9.90 Å². The largest absolute Gasteiger partial charge is 0.478 e. The Labute approximate surface area is 119 Å². The maximum absolute atomic E-state index is 10.9. The van der Waals surface area contributed by atoms with Crippen LogP contribution in [0.3, 0.4) is 0 Å². The number of para-hydroxylation sites is 2. The van der Waals surface area contributed by atoms with Crippen molar-refractivity contribution in [2.24, 2.45) is 0 Å². The molecule has 6 heteroatoms. The van der Waals surface area contributed by atoms with E-state index in [9.17, 15) is 4.79 Å². The molecule has 0 radical (unpaired) electrons. The molecule has 0 amide bonds. The second-order valence-electron chi connectivity index (χ2n) is 4.32. The van der Waals surface area contributed by atoms with E-state index >= 15 is 0 Å². The maximum Gasteiger partial charge on any atom is 0.337 e. The van der Waals surface area contributed by atoms with E-state index in [1.54, 1.807) is 0 Å². The molecule has 1 N–H and O–H groups in total. The number of imidazole rings is 1. The van der Waals surface area contributed by atoms with Gasteiger partial charge in [-0.15, -0.1) is 0 Å². The number of nitrogens with zero attached hydrogens (tertiary/aromatic N) is 3. The second kappa shape index (κ2) is 4.61. The highest BCUT2D eigenvalue weighted by atomic mass is 35.5. The van der Waals surface area contributed by atoms with Crippen LogP contribution in [-0.4, -0.2) is 25.6 Å². The SMILES string of the molecule is Cc1nc2ccccc2n1-c1ncc(C(=O)O)cc1Cl. The molecule has 0 unspecified atom stereocenters. The summed E-state index contributed by atoms with van der Waals surface area (Å²) >= 11 is 6.16. The van der Waals surface area contributed by atoms with Gasteiger partial charge in [-0.2, -0.15) is 0 Å². The zero-order chi connectivity index (χ0) is 14.3. The molecule has 100 valence electrons. The lowest BCUT2D eigenvalue weighted by Gasteiger charge is -2.08. The fourth-order valence-corrected chi connectivity index (χ4v) is 2.38. The number of aryl methyl sites for hydroxylation is 1. The molecule has 0 spiro atoms. The maximum atomic E-state index is 10.9. The topological polar surface area (TPSA) is 68.0 Å². The van der Waals surface area contributed by atoms with Gasteiger partial charge in [-0.05, 0) is 25.1 Å². The highest BCUT2D eigenvalue weighted by molar-refractivity contribution is 6.32. The summed E-state index contributed by atoms with van der Waals surface area (Å²) in [5.41, 5.74) is 1.77. The van der Waals surface area contributed by atoms with Crippen LogP contribution in [-0.2, 0) is 0 Å². The van der Waals surface area contributed by atoms with Crippen LogP contribution < -0.4 is 0 Å². The van der Waals surface area contributed by atoms with E-state index in [1.165, 1.54) is 12.3 Å². The van der Waals surface area contributed by atoms with E-state index in [4.69, 9.17) is 16.7 Å². The summed E-state index contributed by atoms with van der Waals surface area (Å²) in [7, 11) is 0. The molecule has 0 aliphatic heterocycles. The van der Waals surface area contributed by atoms with Crippen molar-refractivity contribution in [2.45, 2.75) is 6.92 Å². The Morgan fingerprint density at radius 3 is 2.80 bits per heavy atom. The van der Waals surface area contributed by atoms with E-state index in [-0.39, 0.29) is 10.6 Å². The average molecular weight is 288 g/mol. The molecule has 0 atom stereocenters. The molecule has 0 fully saturated rings. The number of pyridine rings is 1. The minimum atomic E-state index is -1.06. The highest BCUT2D eigenvalue weighted by Gasteiger charge is 2.14. The number of fused-ring (bicyclic) bond motifs is 1. The van der Waals surface area contributed by atoms with Crippen molar-refractivity contribution in [3.63, 3.8) is 0 Å². The van der Waals surface area contributed by atoms with Gasteiger partial charge in [0.25, 0.3) is 0 Å². The highest BCUT2D eigenvalue weighted by Crippen LogP contribution is 2.25. The van der Waals surface area contributed by atoms with E-state index in [2.05, 4.69) is 9.97 Å². The zero-order valence-electron chi connectivity index (χ0n) is 10.5. The van der Waals surface area contributed by atoms with Gasteiger partial charge >= 0.3 is 5.97 Å². The Balaban J connectivity index is 2.26. The minimum absolute atomic E-state index is 0.0563. The Kier molecular flexibility index (Phi) is 2.91. The molecule has 5 nitrogen and oxygen atoms in total. The van der Waals surface area contributed by atoms with Crippen molar-refractivity contribution in [1.82, 2.24) is 14.5 Å². The number of aromatic carboxylic acids is 1. The van der Waals surface area contributed by atoms with Crippen molar-refractivity contribution in [2.75, 3.05) is 0 Å². The molecule has 0 saturated carbocycles. The van der Waals surface area contributed by atoms with Crippen LogP contribution in [0.25, 0.3) is 16.9 Å². The van der Waals surface area contributed by atoms with Gasteiger partial charge in [0.1, 0.15) is 5.82 Å². The number of hydrogen-bond acceptors (Lipinski definition) is 3. The quantitative estimate of drug-likeness (QED) is 0.786. The van der Waals surface area contributed by atoms with Gasteiger partial charge in [0.05, 0.1) is 21.6 Å². The standard InChI is InChI=1S/C14H10ClN3O2/c1-8-17-11-4-2-3-5-12(11)18(8)13-10(15)6-9(7-16-13)14(19)20/h2-7H,1H3,(H,19,20). The molecule has 0 bridgehead atoms. The lowest BCUT2D eigenvalue weighted by atomic mass is 10.3. The summed E-state index contributed by atoms with van der Waals surface area (Å²) in [5, 5.41) is 9.21. The fraction of sp³-hybridized carbons (Fsp3) is 0.0714. The molecular formula is C14H10ClN3O2. The number of carboxylic acid groups (broad SMARTS) is 1. The van der Waals surface area contributed by atoms with Gasteiger partial charge in [0.15, 0.2) is 5.82 Å². The minimum Gasteiger partial charge on any atom is -0.478 e. The Morgan fingerprint density at radius 1 is 1.35 bits per heavy atom. The van der Waals surface area contributed by atoms with Crippen LogP contribution in [0.4, 0.5) is 0 Å². The van der Waals surface area contributed by atoms with Crippen molar-refractivity contribution in [3.8, 4) is 5.82 Å². The predicted octanol–water partition coefficient (Wildman–Crippen LogP) is 3.08. The van der Waals surface area contributed by atoms with E-state index in [0.29, 0.717) is 5.82 Å². The summed E-state index contributed by atoms with van der Waals surface area (Å²) in [4.78, 5) is 19.5. The first-order valence-electron chi connectivity index (χ1n) is 5.91. The first-order valence-corrected chi connectivity index (χ1v) is 6.29. The van der Waals surface area contributed by atoms with Gasteiger partial charge in [-0.1, -0.05) is 23.7 Å². The number of rotatable bonds is 2. The predicted molar refractivity (Wildman–Crippen MR) is 75.6 cm³/mol. The number of carboxylic acids is 1. The van der Waals surface area contributed by atoms with Gasteiger partial charge in [0.2, 0.25) is 0 Å². The van der Waals surface area contributed by atoms with E-state index in [1.807, 2.05) is 35.8 Å². The van der Waals surface area contributed by atoms with Crippen molar-refractivity contribution in [3.05, 3.63) is 52.9 Å². The van der Waals surface area contributed by atoms with Crippen LogP contribution in [0.15, 0.2) is 36.5 Å². The normalized spacial score (nSPS) is 10.9. The van der Waals surface area contributed by atoms with Crippen LogP contribution in [0, 0.1) is 6.92 Å². The van der Waals surface area contributed by atoms with Crippen molar-refractivity contribution in [1.29, 1.82) is 0 Å². The first kappa shape index (κ1) is 12.6. The number of benzene rings is 1. The Bertz CT molecular complexity index is 826. The molecule has 2 aromatic heterocycles. The molecule has 2 heterocycles. The van der Waals surface area contributed by atoms with E-state index < -0.39 is 5.97 Å². The molecule has 1 aromatic carbocycles. The summed E-state index contributed by atoms with van der Waals surface area (Å²) < 4.78 is 1.81. The van der Waals surface area contributed by atoms with Crippen LogP contribution >= 0.6 is 11.6 Å².